The van der Waals surface area contributed by atoms with Gasteiger partial charge in [0, 0.05) is 11.0 Å². The van der Waals surface area contributed by atoms with Crippen LogP contribution in [0, 0.1) is 5.41 Å². The maximum atomic E-state index is 12.1. The van der Waals surface area contributed by atoms with E-state index in [-0.39, 0.29) is 5.91 Å². The van der Waals surface area contributed by atoms with Gasteiger partial charge in [-0.1, -0.05) is 51.1 Å². The van der Waals surface area contributed by atoms with E-state index in [4.69, 9.17) is 0 Å². The summed E-state index contributed by atoms with van der Waals surface area (Å²) in [6.07, 6.45) is 0. The summed E-state index contributed by atoms with van der Waals surface area (Å²) < 4.78 is 1.26. The predicted octanol–water partition coefficient (Wildman–Crippen LogP) is 2.03. The molecule has 1 aromatic heterocycles. The zero-order valence-corrected chi connectivity index (χ0v) is 10.1. The highest BCUT2D eigenvalue weighted by molar-refractivity contribution is 5.86. The van der Waals surface area contributed by atoms with Crippen molar-refractivity contribution < 1.29 is 4.79 Å². The second kappa shape index (κ2) is 4.08. The lowest BCUT2D eigenvalue weighted by Gasteiger charge is -2.16. The fourth-order valence-corrected chi connectivity index (χ4v) is 1.41. The van der Waals surface area contributed by atoms with Crippen LogP contribution in [0.5, 0.6) is 0 Å². The molecule has 1 heterocycles. The third-order valence-electron chi connectivity index (χ3n) is 2.34. The second-order valence-corrected chi connectivity index (χ2v) is 4.84. The van der Waals surface area contributed by atoms with E-state index in [1.165, 1.54) is 4.68 Å². The van der Waals surface area contributed by atoms with Gasteiger partial charge in [-0.3, -0.25) is 4.79 Å². The van der Waals surface area contributed by atoms with Crippen LogP contribution in [0.2, 0.25) is 0 Å². The van der Waals surface area contributed by atoms with Crippen LogP contribution in [-0.4, -0.2) is 26.1 Å². The van der Waals surface area contributed by atoms with E-state index in [0.717, 1.165) is 5.56 Å². The van der Waals surface area contributed by atoms with Crippen LogP contribution >= 0.6 is 0 Å². The minimum Gasteiger partial charge on any atom is -0.272 e. The fourth-order valence-electron chi connectivity index (χ4n) is 1.41. The summed E-state index contributed by atoms with van der Waals surface area (Å²) >= 11 is 0. The summed E-state index contributed by atoms with van der Waals surface area (Å²) in [5, 5.41) is 11.2. The summed E-state index contributed by atoms with van der Waals surface area (Å²) in [6, 6.07) is 9.42. The van der Waals surface area contributed by atoms with Gasteiger partial charge in [-0.25, -0.2) is 0 Å². The van der Waals surface area contributed by atoms with Gasteiger partial charge in [0.2, 0.25) is 0 Å². The maximum absolute atomic E-state index is 12.1. The molecule has 0 saturated heterocycles. The van der Waals surface area contributed by atoms with E-state index in [1.54, 1.807) is 0 Å². The first-order chi connectivity index (χ1) is 8.00. The Balaban J connectivity index is 2.46. The molecule has 0 aliphatic rings. The maximum Gasteiger partial charge on any atom is 0.255 e. The van der Waals surface area contributed by atoms with E-state index >= 15 is 0 Å². The summed E-state index contributed by atoms with van der Waals surface area (Å²) in [4.78, 5) is 12.1. The fraction of sp³-hybridized carbons (Fsp3) is 0.333. The molecule has 0 radical (unpaired) electrons. The Morgan fingerprint density at radius 3 is 2.41 bits per heavy atom. The van der Waals surface area contributed by atoms with Gasteiger partial charge in [-0.15, -0.1) is 5.10 Å². The topological polar surface area (TPSA) is 60.7 Å². The van der Waals surface area contributed by atoms with Gasteiger partial charge in [-0.2, -0.15) is 4.68 Å². The van der Waals surface area contributed by atoms with Crippen LogP contribution < -0.4 is 0 Å². The van der Waals surface area contributed by atoms with Crippen molar-refractivity contribution >= 4 is 5.91 Å². The Morgan fingerprint density at radius 2 is 1.82 bits per heavy atom. The van der Waals surface area contributed by atoms with Gasteiger partial charge in [0.05, 0.1) is 0 Å². The highest BCUT2D eigenvalue weighted by Crippen LogP contribution is 2.20. The van der Waals surface area contributed by atoms with Gasteiger partial charge in [0.25, 0.3) is 5.91 Å². The summed E-state index contributed by atoms with van der Waals surface area (Å²) in [6.45, 7) is 5.52. The Kier molecular flexibility index (Phi) is 2.75. The third-order valence-corrected chi connectivity index (χ3v) is 2.34. The van der Waals surface area contributed by atoms with Gasteiger partial charge >= 0.3 is 0 Å². The summed E-state index contributed by atoms with van der Waals surface area (Å²) in [5.74, 6) is 0.354. The number of aromatic nitrogens is 4. The minimum absolute atomic E-state index is 0.124. The third kappa shape index (κ3) is 2.22. The van der Waals surface area contributed by atoms with E-state index in [2.05, 4.69) is 15.5 Å². The first-order valence-corrected chi connectivity index (χ1v) is 5.39. The lowest BCUT2D eigenvalue weighted by atomic mass is 9.96. The minimum atomic E-state index is -0.515. The molecule has 0 spiro atoms. The van der Waals surface area contributed by atoms with E-state index < -0.39 is 5.41 Å². The quantitative estimate of drug-likeness (QED) is 0.703. The molecule has 2 rings (SSSR count). The van der Waals surface area contributed by atoms with Gasteiger partial charge < -0.3 is 0 Å². The zero-order valence-electron chi connectivity index (χ0n) is 10.1. The molecule has 0 aliphatic carbocycles. The second-order valence-electron chi connectivity index (χ2n) is 4.84. The number of carbonyl (C=O) groups excluding carboxylic acids is 1. The Hall–Kier alpha value is -2.04. The Labute approximate surface area is 99.5 Å². The van der Waals surface area contributed by atoms with Crippen molar-refractivity contribution in [1.82, 2.24) is 20.2 Å². The highest BCUT2D eigenvalue weighted by atomic mass is 16.2. The van der Waals surface area contributed by atoms with Crippen molar-refractivity contribution in [2.45, 2.75) is 20.8 Å². The number of nitrogens with zero attached hydrogens (tertiary/aromatic N) is 4. The normalized spacial score (nSPS) is 11.5. The van der Waals surface area contributed by atoms with E-state index in [9.17, 15) is 4.79 Å². The van der Waals surface area contributed by atoms with Gasteiger partial charge in [0.15, 0.2) is 5.82 Å². The molecule has 5 nitrogen and oxygen atoms in total. The van der Waals surface area contributed by atoms with Gasteiger partial charge in [0.1, 0.15) is 0 Å². The van der Waals surface area contributed by atoms with E-state index in [1.807, 2.05) is 51.1 Å². The molecule has 5 heteroatoms. The number of hydrogen-bond acceptors (Lipinski definition) is 4. The molecular formula is C12H14N4O. The number of benzene rings is 1. The van der Waals surface area contributed by atoms with Crippen LogP contribution in [-0.2, 0) is 0 Å². The monoisotopic (exact) mass is 230 g/mol. The molecule has 0 bridgehead atoms. The number of carbonyl (C=O) groups is 1. The molecule has 0 atom stereocenters. The van der Waals surface area contributed by atoms with Crippen LogP contribution in [0.15, 0.2) is 30.3 Å². The molecule has 0 amide bonds. The van der Waals surface area contributed by atoms with Crippen molar-refractivity contribution in [2.75, 3.05) is 0 Å². The molecule has 0 saturated carbocycles. The van der Waals surface area contributed by atoms with Crippen molar-refractivity contribution in [1.29, 1.82) is 0 Å². The first kappa shape index (κ1) is 11.4. The Morgan fingerprint density at radius 1 is 1.18 bits per heavy atom. The number of rotatable bonds is 1. The summed E-state index contributed by atoms with van der Waals surface area (Å²) in [5.41, 5.74) is 0.314. The molecule has 0 aliphatic heterocycles. The average molecular weight is 230 g/mol. The molecule has 88 valence electrons. The molecule has 0 fully saturated rings. The molecule has 1 aromatic carbocycles. The summed E-state index contributed by atoms with van der Waals surface area (Å²) in [7, 11) is 0. The first-order valence-electron chi connectivity index (χ1n) is 5.39. The van der Waals surface area contributed by atoms with E-state index in [0.29, 0.717) is 5.82 Å². The molecular weight excluding hydrogens is 216 g/mol. The SMILES string of the molecule is CC(C)(C)C(=O)n1nnnc1-c1ccccc1. The van der Waals surface area contributed by atoms with Crippen molar-refractivity contribution in [3.8, 4) is 11.4 Å². The largest absolute Gasteiger partial charge is 0.272 e. The average Bonchev–Trinajstić information content (AvgIpc) is 2.76. The zero-order chi connectivity index (χ0) is 12.5. The van der Waals surface area contributed by atoms with Crippen molar-refractivity contribution in [3.63, 3.8) is 0 Å². The molecule has 0 N–H and O–H groups in total. The Bertz CT molecular complexity index is 525. The molecule has 0 unspecified atom stereocenters. The lowest BCUT2D eigenvalue weighted by Crippen LogP contribution is -2.28. The molecule has 2 aromatic rings. The number of tetrazole rings is 1. The van der Waals surface area contributed by atoms with Crippen molar-refractivity contribution in [2.24, 2.45) is 5.41 Å². The highest BCUT2D eigenvalue weighted by Gasteiger charge is 2.27. The van der Waals surface area contributed by atoms with Gasteiger partial charge in [-0.05, 0) is 10.4 Å². The van der Waals surface area contributed by atoms with Crippen LogP contribution in [0.1, 0.15) is 25.6 Å². The number of hydrogen-bond donors (Lipinski definition) is 0. The smallest absolute Gasteiger partial charge is 0.255 e. The van der Waals surface area contributed by atoms with Crippen LogP contribution in [0.25, 0.3) is 11.4 Å². The predicted molar refractivity (Wildman–Crippen MR) is 63.3 cm³/mol. The van der Waals surface area contributed by atoms with Crippen LogP contribution in [0.4, 0.5) is 0 Å². The van der Waals surface area contributed by atoms with Crippen molar-refractivity contribution in [3.05, 3.63) is 30.3 Å². The van der Waals surface area contributed by atoms with Crippen LogP contribution in [0.3, 0.4) is 0 Å². The molecule has 17 heavy (non-hydrogen) atoms. The standard InChI is InChI=1S/C12H14N4O/c1-12(2,3)11(17)16-10(13-14-15-16)9-7-5-4-6-8-9/h4-8H,1-3H3. The lowest BCUT2D eigenvalue weighted by molar-refractivity contribution is 0.0748.